The minimum absolute atomic E-state index is 0.205. The molecule has 4 N–H and O–H groups in total. The molecule has 9 nitrogen and oxygen atoms in total. The predicted octanol–water partition coefficient (Wildman–Crippen LogP) is -0.667. The summed E-state index contributed by atoms with van der Waals surface area (Å²) in [6.07, 6.45) is 0. The van der Waals surface area contributed by atoms with Crippen LogP contribution in [-0.4, -0.2) is 20.7 Å². The summed E-state index contributed by atoms with van der Waals surface area (Å²) in [4.78, 5) is 36.1. The molecular weight excluding hydrogens is 276 g/mol. The third kappa shape index (κ3) is 2.95. The SMILES string of the molecule is CC(=O)Nc1cc(N)cc(-n2nc(C#N)c(=O)[nH]c2=O)c1. The Labute approximate surface area is 117 Å². The molecule has 2 aromatic rings. The van der Waals surface area contributed by atoms with Gasteiger partial charge in [0.25, 0.3) is 5.56 Å². The van der Waals surface area contributed by atoms with Crippen molar-refractivity contribution in [2.45, 2.75) is 6.92 Å². The van der Waals surface area contributed by atoms with Crippen LogP contribution in [0, 0.1) is 11.3 Å². The zero-order chi connectivity index (χ0) is 15.6. The number of nitrogens with one attached hydrogen (secondary N) is 2. The summed E-state index contributed by atoms with van der Waals surface area (Å²) in [7, 11) is 0. The highest BCUT2D eigenvalue weighted by Crippen LogP contribution is 2.18. The van der Waals surface area contributed by atoms with Gasteiger partial charge in [-0.25, -0.2) is 4.79 Å². The predicted molar refractivity (Wildman–Crippen MR) is 73.9 cm³/mol. The van der Waals surface area contributed by atoms with Crippen LogP contribution in [0.1, 0.15) is 12.6 Å². The molecule has 9 heteroatoms. The van der Waals surface area contributed by atoms with Gasteiger partial charge in [0.15, 0.2) is 0 Å². The number of hydrogen-bond donors (Lipinski definition) is 3. The summed E-state index contributed by atoms with van der Waals surface area (Å²) in [6.45, 7) is 1.32. The summed E-state index contributed by atoms with van der Waals surface area (Å²) in [5.74, 6) is -0.314. The number of carbonyl (C=O) groups excluding carboxylic acids is 1. The molecule has 2 rings (SSSR count). The third-order valence-electron chi connectivity index (χ3n) is 2.44. The molecule has 0 bridgehead atoms. The highest BCUT2D eigenvalue weighted by molar-refractivity contribution is 5.89. The van der Waals surface area contributed by atoms with Crippen LogP contribution in [0.25, 0.3) is 5.69 Å². The molecule has 1 amide bonds. The number of H-pyrrole nitrogens is 1. The highest BCUT2D eigenvalue weighted by atomic mass is 16.2. The van der Waals surface area contributed by atoms with Crippen molar-refractivity contribution in [1.82, 2.24) is 14.8 Å². The fraction of sp³-hybridized carbons (Fsp3) is 0.0833. The summed E-state index contributed by atoms with van der Waals surface area (Å²) < 4.78 is 0.821. The van der Waals surface area contributed by atoms with Crippen LogP contribution in [0.4, 0.5) is 11.4 Å². The molecule has 0 saturated carbocycles. The molecule has 1 heterocycles. The Hall–Kier alpha value is -3.41. The molecule has 0 unspecified atom stereocenters. The Bertz CT molecular complexity index is 874. The first-order valence-corrected chi connectivity index (χ1v) is 5.73. The van der Waals surface area contributed by atoms with E-state index in [-0.39, 0.29) is 17.3 Å². The van der Waals surface area contributed by atoms with Gasteiger partial charge in [-0.1, -0.05) is 0 Å². The number of benzene rings is 1. The van der Waals surface area contributed by atoms with Crippen LogP contribution in [0.3, 0.4) is 0 Å². The van der Waals surface area contributed by atoms with Crippen molar-refractivity contribution in [1.29, 1.82) is 5.26 Å². The first-order valence-electron chi connectivity index (χ1n) is 5.73. The minimum Gasteiger partial charge on any atom is -0.399 e. The van der Waals surface area contributed by atoms with Gasteiger partial charge in [-0.2, -0.15) is 9.94 Å². The first kappa shape index (κ1) is 14.0. The first-order chi connectivity index (χ1) is 9.90. The fourth-order valence-corrected chi connectivity index (χ4v) is 1.68. The van der Waals surface area contributed by atoms with E-state index >= 15 is 0 Å². The Morgan fingerprint density at radius 2 is 2.14 bits per heavy atom. The van der Waals surface area contributed by atoms with Gasteiger partial charge >= 0.3 is 5.69 Å². The van der Waals surface area contributed by atoms with E-state index in [9.17, 15) is 14.4 Å². The van der Waals surface area contributed by atoms with Crippen LogP contribution in [-0.2, 0) is 4.79 Å². The topological polar surface area (TPSA) is 147 Å². The van der Waals surface area contributed by atoms with Gasteiger partial charge in [-0.05, 0) is 18.2 Å². The van der Waals surface area contributed by atoms with Crippen molar-refractivity contribution in [3.05, 3.63) is 44.7 Å². The van der Waals surface area contributed by atoms with E-state index in [1.54, 1.807) is 6.07 Å². The summed E-state index contributed by atoms with van der Waals surface area (Å²) in [5, 5.41) is 14.9. The lowest BCUT2D eigenvalue weighted by Crippen LogP contribution is -2.33. The number of nitrogens with zero attached hydrogens (tertiary/aromatic N) is 3. The van der Waals surface area contributed by atoms with E-state index in [0.717, 1.165) is 4.68 Å². The lowest BCUT2D eigenvalue weighted by Gasteiger charge is -2.08. The van der Waals surface area contributed by atoms with Gasteiger partial charge in [0.05, 0.1) is 5.69 Å². The van der Waals surface area contributed by atoms with Gasteiger partial charge in [0.1, 0.15) is 6.07 Å². The molecule has 0 aliphatic carbocycles. The van der Waals surface area contributed by atoms with E-state index in [1.807, 2.05) is 4.98 Å². The summed E-state index contributed by atoms with van der Waals surface area (Å²) in [5.41, 5.74) is 4.38. The van der Waals surface area contributed by atoms with Crippen LogP contribution < -0.4 is 22.3 Å². The molecule has 0 aliphatic rings. The maximum Gasteiger partial charge on any atom is 0.349 e. The van der Waals surface area contributed by atoms with E-state index in [4.69, 9.17) is 11.0 Å². The Morgan fingerprint density at radius 3 is 2.76 bits per heavy atom. The average Bonchev–Trinajstić information content (AvgIpc) is 2.37. The Kier molecular flexibility index (Phi) is 3.53. The second kappa shape index (κ2) is 5.30. The average molecular weight is 286 g/mol. The largest absolute Gasteiger partial charge is 0.399 e. The van der Waals surface area contributed by atoms with E-state index < -0.39 is 16.9 Å². The Balaban J connectivity index is 2.65. The standard InChI is InChI=1S/C12H10N6O3/c1-6(19)15-8-2-7(14)3-9(4-8)18-12(21)16-11(20)10(5-13)17-18/h2-4H,14H2,1H3,(H,15,19)(H,16,20,21). The third-order valence-corrected chi connectivity index (χ3v) is 2.44. The van der Waals surface area contributed by atoms with E-state index in [0.29, 0.717) is 5.69 Å². The van der Waals surface area contributed by atoms with Crippen molar-refractivity contribution in [2.24, 2.45) is 0 Å². The van der Waals surface area contributed by atoms with Crippen LogP contribution in [0.2, 0.25) is 0 Å². The van der Waals surface area contributed by atoms with Crippen molar-refractivity contribution in [2.75, 3.05) is 11.1 Å². The molecule has 0 saturated heterocycles. The maximum atomic E-state index is 11.8. The van der Waals surface area contributed by atoms with Gasteiger partial charge in [0, 0.05) is 18.3 Å². The van der Waals surface area contributed by atoms with Gasteiger partial charge in [-0.3, -0.25) is 14.6 Å². The maximum absolute atomic E-state index is 11.8. The number of rotatable bonds is 2. The molecule has 1 aromatic carbocycles. The molecule has 0 aliphatic heterocycles. The molecule has 0 atom stereocenters. The highest BCUT2D eigenvalue weighted by Gasteiger charge is 2.09. The number of anilines is 2. The molecule has 21 heavy (non-hydrogen) atoms. The number of aromatic amines is 1. The molecule has 106 valence electrons. The summed E-state index contributed by atoms with van der Waals surface area (Å²) in [6, 6.07) is 5.92. The van der Waals surface area contributed by atoms with Crippen molar-refractivity contribution < 1.29 is 4.79 Å². The van der Waals surface area contributed by atoms with Crippen molar-refractivity contribution in [3.8, 4) is 11.8 Å². The monoisotopic (exact) mass is 286 g/mol. The number of nitrogens with two attached hydrogens (primary N) is 1. The second-order valence-electron chi connectivity index (χ2n) is 4.13. The fourth-order valence-electron chi connectivity index (χ4n) is 1.68. The quantitative estimate of drug-likeness (QED) is 0.624. The normalized spacial score (nSPS) is 9.90. The van der Waals surface area contributed by atoms with Gasteiger partial charge in [0.2, 0.25) is 11.6 Å². The lowest BCUT2D eigenvalue weighted by molar-refractivity contribution is -0.114. The minimum atomic E-state index is -0.871. The van der Waals surface area contributed by atoms with E-state index in [2.05, 4.69) is 10.4 Å². The lowest BCUT2D eigenvalue weighted by atomic mass is 10.2. The molecule has 0 spiro atoms. The van der Waals surface area contributed by atoms with Crippen molar-refractivity contribution in [3.63, 3.8) is 0 Å². The number of amides is 1. The van der Waals surface area contributed by atoms with E-state index in [1.165, 1.54) is 25.1 Å². The number of hydrogen-bond acceptors (Lipinski definition) is 6. The molecule has 0 fully saturated rings. The Morgan fingerprint density at radius 1 is 1.43 bits per heavy atom. The van der Waals surface area contributed by atoms with Crippen LogP contribution in [0.5, 0.6) is 0 Å². The summed E-state index contributed by atoms with van der Waals surface area (Å²) >= 11 is 0. The van der Waals surface area contributed by atoms with Gasteiger partial charge < -0.3 is 11.1 Å². The number of aromatic nitrogens is 3. The number of nitrogen functional groups attached to an aromatic ring is 1. The van der Waals surface area contributed by atoms with Crippen molar-refractivity contribution >= 4 is 17.3 Å². The molecule has 0 radical (unpaired) electrons. The number of nitriles is 1. The molecule has 1 aromatic heterocycles. The van der Waals surface area contributed by atoms with Crippen LogP contribution >= 0.6 is 0 Å². The van der Waals surface area contributed by atoms with Gasteiger partial charge in [-0.15, -0.1) is 5.10 Å². The van der Waals surface area contributed by atoms with Crippen LogP contribution in [0.15, 0.2) is 27.8 Å². The second-order valence-corrected chi connectivity index (χ2v) is 4.13. The zero-order valence-electron chi connectivity index (χ0n) is 10.9. The zero-order valence-corrected chi connectivity index (χ0v) is 10.9. The molecular formula is C12H10N6O3. The smallest absolute Gasteiger partial charge is 0.349 e. The number of carbonyl (C=O) groups is 1.